The van der Waals surface area contributed by atoms with E-state index in [1.807, 2.05) is 24.3 Å². The first-order valence-corrected chi connectivity index (χ1v) is 8.41. The second-order valence-corrected chi connectivity index (χ2v) is 6.08. The molecule has 2 aromatic carbocycles. The molecule has 0 amide bonds. The quantitative estimate of drug-likeness (QED) is 0.877. The molecule has 2 aromatic rings. The van der Waals surface area contributed by atoms with E-state index >= 15 is 0 Å². The zero-order chi connectivity index (χ0) is 18.6. The van der Waals surface area contributed by atoms with Crippen LogP contribution in [0.25, 0.3) is 0 Å². The lowest BCUT2D eigenvalue weighted by molar-refractivity contribution is -0.274. The van der Waals surface area contributed by atoms with Crippen LogP contribution in [0.4, 0.5) is 13.2 Å². The maximum Gasteiger partial charge on any atom is 0.573 e. The number of ether oxygens (including phenoxy) is 2. The highest BCUT2D eigenvalue weighted by atomic mass is 19.4. The predicted octanol–water partition coefficient (Wildman–Crippen LogP) is 3.59. The van der Waals surface area contributed by atoms with Gasteiger partial charge in [0.1, 0.15) is 11.5 Å². The van der Waals surface area contributed by atoms with E-state index < -0.39 is 6.36 Å². The normalized spacial score (nSPS) is 16.9. The average Bonchev–Trinajstić information content (AvgIpc) is 2.63. The minimum Gasteiger partial charge on any atom is -0.497 e. The van der Waals surface area contributed by atoms with Gasteiger partial charge in [0.15, 0.2) is 0 Å². The van der Waals surface area contributed by atoms with Crippen molar-refractivity contribution >= 4 is 0 Å². The van der Waals surface area contributed by atoms with Crippen molar-refractivity contribution < 1.29 is 22.6 Å². The van der Waals surface area contributed by atoms with E-state index in [1.165, 1.54) is 12.1 Å². The van der Waals surface area contributed by atoms with E-state index in [1.54, 1.807) is 19.2 Å². The molecule has 140 valence electrons. The Labute approximate surface area is 150 Å². The Bertz CT molecular complexity index is 713. The molecule has 1 aliphatic rings. The molecule has 0 unspecified atom stereocenters. The maximum absolute atomic E-state index is 12.4. The van der Waals surface area contributed by atoms with E-state index in [2.05, 4.69) is 15.0 Å². The minimum atomic E-state index is -4.69. The fourth-order valence-corrected chi connectivity index (χ4v) is 3.22. The van der Waals surface area contributed by atoms with Crippen molar-refractivity contribution in [3.8, 4) is 11.5 Å². The Morgan fingerprint density at radius 2 is 1.65 bits per heavy atom. The fraction of sp³-hybridized carbons (Fsp3) is 0.368. The molecular formula is C19H21F3N2O2. The van der Waals surface area contributed by atoms with Crippen LogP contribution in [0, 0.1) is 0 Å². The molecule has 3 rings (SSSR count). The van der Waals surface area contributed by atoms with E-state index in [0.29, 0.717) is 0 Å². The summed E-state index contributed by atoms with van der Waals surface area (Å²) >= 11 is 0. The summed E-state index contributed by atoms with van der Waals surface area (Å²) in [7, 11) is 1.61. The summed E-state index contributed by atoms with van der Waals surface area (Å²) in [4.78, 5) is 2.31. The Morgan fingerprint density at radius 3 is 2.27 bits per heavy atom. The SMILES string of the molecule is COc1cccc([C@@H](c2ccc(OC(F)(F)F)cc2)N2CCNCC2)c1. The maximum atomic E-state index is 12.4. The molecule has 0 aliphatic carbocycles. The van der Waals surface area contributed by atoms with Gasteiger partial charge in [0, 0.05) is 26.2 Å². The van der Waals surface area contributed by atoms with E-state index in [4.69, 9.17) is 4.74 Å². The van der Waals surface area contributed by atoms with Crippen molar-refractivity contribution in [2.45, 2.75) is 12.4 Å². The first-order chi connectivity index (χ1) is 12.5. The lowest BCUT2D eigenvalue weighted by atomic mass is 9.96. The van der Waals surface area contributed by atoms with Crippen molar-refractivity contribution in [2.24, 2.45) is 0 Å². The van der Waals surface area contributed by atoms with Crippen molar-refractivity contribution in [1.82, 2.24) is 10.2 Å². The van der Waals surface area contributed by atoms with Gasteiger partial charge in [-0.1, -0.05) is 24.3 Å². The molecule has 0 aromatic heterocycles. The average molecular weight is 366 g/mol. The van der Waals surface area contributed by atoms with Crippen molar-refractivity contribution in [3.05, 3.63) is 59.7 Å². The topological polar surface area (TPSA) is 33.7 Å². The number of halogens is 3. The highest BCUT2D eigenvalue weighted by Gasteiger charge is 2.31. The minimum absolute atomic E-state index is 0.0628. The zero-order valence-electron chi connectivity index (χ0n) is 14.4. The van der Waals surface area contributed by atoms with Crippen LogP contribution in [0.15, 0.2) is 48.5 Å². The van der Waals surface area contributed by atoms with Gasteiger partial charge in [0.2, 0.25) is 0 Å². The predicted molar refractivity (Wildman–Crippen MR) is 92.4 cm³/mol. The van der Waals surface area contributed by atoms with Crippen molar-refractivity contribution in [1.29, 1.82) is 0 Å². The van der Waals surface area contributed by atoms with Gasteiger partial charge in [-0.15, -0.1) is 13.2 Å². The molecule has 0 radical (unpaired) electrons. The highest BCUT2D eigenvalue weighted by Crippen LogP contribution is 2.32. The standard InChI is InChI=1S/C19H21F3N2O2/c1-25-17-4-2-3-15(13-17)18(24-11-9-23-10-12-24)14-5-7-16(8-6-14)26-19(20,21)22/h2-8,13,18,23H,9-12H2,1H3/t18-/m1/s1. The van der Waals surface area contributed by atoms with Gasteiger partial charge in [-0.25, -0.2) is 0 Å². The van der Waals surface area contributed by atoms with Crippen LogP contribution < -0.4 is 14.8 Å². The van der Waals surface area contributed by atoms with Gasteiger partial charge < -0.3 is 14.8 Å². The molecule has 4 nitrogen and oxygen atoms in total. The summed E-state index contributed by atoms with van der Waals surface area (Å²) in [5.74, 6) is 0.533. The van der Waals surface area contributed by atoms with Crippen LogP contribution in [0.1, 0.15) is 17.2 Å². The Kier molecular flexibility index (Phi) is 5.68. The second-order valence-electron chi connectivity index (χ2n) is 6.08. The molecule has 0 bridgehead atoms. The first kappa shape index (κ1) is 18.5. The number of methoxy groups -OCH3 is 1. The first-order valence-electron chi connectivity index (χ1n) is 8.41. The molecule has 1 aliphatic heterocycles. The third-order valence-electron chi connectivity index (χ3n) is 4.36. The van der Waals surface area contributed by atoms with Gasteiger partial charge in [-0.05, 0) is 35.4 Å². The largest absolute Gasteiger partial charge is 0.573 e. The molecule has 1 N–H and O–H groups in total. The molecule has 7 heteroatoms. The number of rotatable bonds is 5. The molecule has 1 saturated heterocycles. The van der Waals surface area contributed by atoms with Crippen LogP contribution in [-0.4, -0.2) is 44.6 Å². The summed E-state index contributed by atoms with van der Waals surface area (Å²) in [6.07, 6.45) is -4.69. The van der Waals surface area contributed by atoms with E-state index in [9.17, 15) is 13.2 Å². The number of benzene rings is 2. The summed E-state index contributed by atoms with van der Waals surface area (Å²) in [6, 6.07) is 13.8. The summed E-state index contributed by atoms with van der Waals surface area (Å²) in [5.41, 5.74) is 1.95. The fourth-order valence-electron chi connectivity index (χ4n) is 3.22. The molecule has 1 atom stereocenters. The Morgan fingerprint density at radius 1 is 0.962 bits per heavy atom. The van der Waals surface area contributed by atoms with E-state index in [-0.39, 0.29) is 11.8 Å². The van der Waals surface area contributed by atoms with Gasteiger partial charge in [0.25, 0.3) is 0 Å². The number of hydrogen-bond acceptors (Lipinski definition) is 4. The molecule has 1 heterocycles. The lowest BCUT2D eigenvalue weighted by Crippen LogP contribution is -2.45. The number of piperazine rings is 1. The van der Waals surface area contributed by atoms with Crippen LogP contribution in [0.5, 0.6) is 11.5 Å². The summed E-state index contributed by atoms with van der Waals surface area (Å²) in [6.45, 7) is 3.44. The smallest absolute Gasteiger partial charge is 0.497 e. The highest BCUT2D eigenvalue weighted by molar-refractivity contribution is 5.39. The molecule has 0 saturated carbocycles. The van der Waals surface area contributed by atoms with Gasteiger partial charge in [-0.2, -0.15) is 0 Å². The number of nitrogens with one attached hydrogen (secondary N) is 1. The van der Waals surface area contributed by atoms with Gasteiger partial charge in [-0.3, -0.25) is 4.90 Å². The van der Waals surface area contributed by atoms with Gasteiger partial charge >= 0.3 is 6.36 Å². The van der Waals surface area contributed by atoms with Crippen molar-refractivity contribution in [2.75, 3.05) is 33.3 Å². The number of alkyl halides is 3. The molecular weight excluding hydrogens is 345 g/mol. The second kappa shape index (κ2) is 7.97. The monoisotopic (exact) mass is 366 g/mol. The zero-order valence-corrected chi connectivity index (χ0v) is 14.4. The Hall–Kier alpha value is -2.25. The number of hydrogen-bond donors (Lipinski definition) is 1. The summed E-state index contributed by atoms with van der Waals surface area (Å²) < 4.78 is 46.5. The summed E-state index contributed by atoms with van der Waals surface area (Å²) in [5, 5.41) is 3.32. The van der Waals surface area contributed by atoms with Crippen LogP contribution >= 0.6 is 0 Å². The van der Waals surface area contributed by atoms with Crippen LogP contribution in [-0.2, 0) is 0 Å². The van der Waals surface area contributed by atoms with Crippen LogP contribution in [0.3, 0.4) is 0 Å². The lowest BCUT2D eigenvalue weighted by Gasteiger charge is -2.35. The third kappa shape index (κ3) is 4.68. The van der Waals surface area contributed by atoms with E-state index in [0.717, 1.165) is 43.1 Å². The molecule has 0 spiro atoms. The van der Waals surface area contributed by atoms with Crippen LogP contribution in [0.2, 0.25) is 0 Å². The Balaban J connectivity index is 1.92. The van der Waals surface area contributed by atoms with Crippen molar-refractivity contribution in [3.63, 3.8) is 0 Å². The third-order valence-corrected chi connectivity index (χ3v) is 4.36. The molecule has 1 fully saturated rings. The molecule has 26 heavy (non-hydrogen) atoms. The number of nitrogens with zero attached hydrogens (tertiary/aromatic N) is 1. The van der Waals surface area contributed by atoms with Gasteiger partial charge in [0.05, 0.1) is 13.2 Å².